The first kappa shape index (κ1) is 24.4. The molecule has 194 valence electrons. The smallest absolute Gasteiger partial charge is 0.439 e. The summed E-state index contributed by atoms with van der Waals surface area (Å²) >= 11 is 6.13. The molecule has 0 saturated heterocycles. The van der Waals surface area contributed by atoms with Gasteiger partial charge in [-0.2, -0.15) is 0 Å². The fourth-order valence-electron chi connectivity index (χ4n) is 4.53. The largest absolute Gasteiger partial charge is 0.455 e. The number of halogens is 1. The van der Waals surface area contributed by atoms with E-state index in [9.17, 15) is 9.59 Å². The van der Waals surface area contributed by atoms with Gasteiger partial charge in [0.2, 0.25) is 11.3 Å². The van der Waals surface area contributed by atoms with Gasteiger partial charge in [-0.05, 0) is 37.6 Å². The first-order valence-corrected chi connectivity index (χ1v) is 12.3. The van der Waals surface area contributed by atoms with Crippen molar-refractivity contribution in [2.45, 2.75) is 19.9 Å². The minimum Gasteiger partial charge on any atom is -0.455 e. The Hall–Kier alpha value is -4.96. The van der Waals surface area contributed by atoms with Crippen molar-refractivity contribution < 1.29 is 13.4 Å². The number of oxazole rings is 1. The zero-order chi connectivity index (χ0) is 27.1. The maximum absolute atomic E-state index is 13.9. The molecule has 0 spiro atoms. The number of pyridine rings is 1. The van der Waals surface area contributed by atoms with Gasteiger partial charge in [0.1, 0.15) is 34.1 Å². The van der Waals surface area contributed by atoms with Crippen LogP contribution in [0.5, 0.6) is 0 Å². The Labute approximate surface area is 225 Å². The molecule has 0 aliphatic heterocycles. The Kier molecular flexibility index (Phi) is 6.08. The van der Waals surface area contributed by atoms with Gasteiger partial charge in [-0.25, -0.2) is 14.8 Å². The average Bonchev–Trinajstić information content (AvgIpc) is 3.62. The first-order valence-electron chi connectivity index (χ1n) is 11.9. The molecule has 4 heterocycles. The number of nitrogens with zero attached hydrogens (tertiary/aromatic N) is 3. The number of aromatic nitrogens is 4. The van der Waals surface area contributed by atoms with Gasteiger partial charge in [-0.15, -0.1) is 0 Å². The maximum atomic E-state index is 13.9. The highest BCUT2D eigenvalue weighted by molar-refractivity contribution is 6.29. The average molecular weight is 542 g/mol. The van der Waals surface area contributed by atoms with Crippen molar-refractivity contribution in [2.75, 3.05) is 5.32 Å². The van der Waals surface area contributed by atoms with Crippen molar-refractivity contribution in [1.82, 2.24) is 20.1 Å². The van der Waals surface area contributed by atoms with Crippen molar-refractivity contribution in [3.63, 3.8) is 0 Å². The molecule has 2 N–H and O–H groups in total. The monoisotopic (exact) mass is 541 g/mol. The summed E-state index contributed by atoms with van der Waals surface area (Å²) in [6.07, 6.45) is 2.70. The molecule has 0 saturated carbocycles. The van der Waals surface area contributed by atoms with Crippen molar-refractivity contribution >= 4 is 28.3 Å². The fraction of sp³-hybridized carbons (Fsp3) is 0.107. The van der Waals surface area contributed by atoms with Crippen LogP contribution in [0.3, 0.4) is 0 Å². The Morgan fingerprint density at radius 2 is 1.90 bits per heavy atom. The third-order valence-corrected chi connectivity index (χ3v) is 6.46. The number of aryl methyl sites for hydroxylation is 1. The normalized spacial score (nSPS) is 12.1. The van der Waals surface area contributed by atoms with E-state index < -0.39 is 5.76 Å². The molecule has 4 aromatic heterocycles. The molecule has 11 heteroatoms. The van der Waals surface area contributed by atoms with Gasteiger partial charge in [-0.1, -0.05) is 53.2 Å². The predicted molar refractivity (Wildman–Crippen MR) is 146 cm³/mol. The van der Waals surface area contributed by atoms with Crippen molar-refractivity contribution in [1.29, 1.82) is 0 Å². The molecule has 0 radical (unpaired) electrons. The molecule has 10 nitrogen and oxygen atoms in total. The number of anilines is 1. The highest BCUT2D eigenvalue weighted by Gasteiger charge is 2.24. The molecule has 0 aliphatic carbocycles. The van der Waals surface area contributed by atoms with E-state index in [0.29, 0.717) is 39.4 Å². The lowest BCUT2D eigenvalue weighted by Crippen LogP contribution is -2.13. The van der Waals surface area contributed by atoms with Crippen LogP contribution >= 0.6 is 11.6 Å². The van der Waals surface area contributed by atoms with Gasteiger partial charge in [0, 0.05) is 11.1 Å². The Bertz CT molecular complexity index is 1930. The van der Waals surface area contributed by atoms with Crippen LogP contribution in [-0.2, 0) is 0 Å². The molecule has 1 atom stereocenters. The second kappa shape index (κ2) is 9.73. The standard InChI is InChI=1S/C28H20ClN5O5/c1-14-10-17(15(2)31-19-8-9-21(29)32-23(19)27-33-28(36)39-34-27)26-18(11-14)24(35)22(20-12-37-13-30-20)25(38-26)16-6-4-3-5-7-16/h3-13,15,31H,1-2H3,(H,33,34,36). The first-order chi connectivity index (χ1) is 18.9. The predicted octanol–water partition coefficient (Wildman–Crippen LogP) is 5.99. The molecule has 2 aromatic carbocycles. The second-order valence-corrected chi connectivity index (χ2v) is 9.33. The summed E-state index contributed by atoms with van der Waals surface area (Å²) in [5.41, 5.74) is 4.07. The van der Waals surface area contributed by atoms with Crippen LogP contribution in [0.2, 0.25) is 5.15 Å². The molecule has 0 amide bonds. The fourth-order valence-corrected chi connectivity index (χ4v) is 4.68. The summed E-state index contributed by atoms with van der Waals surface area (Å²) in [6.45, 7) is 3.83. The van der Waals surface area contributed by atoms with E-state index in [1.54, 1.807) is 18.2 Å². The van der Waals surface area contributed by atoms with Crippen molar-refractivity contribution in [3.8, 4) is 34.1 Å². The van der Waals surface area contributed by atoms with E-state index >= 15 is 0 Å². The number of rotatable bonds is 6. The van der Waals surface area contributed by atoms with Gasteiger partial charge in [-0.3, -0.25) is 14.3 Å². The Balaban J connectivity index is 1.53. The summed E-state index contributed by atoms with van der Waals surface area (Å²) in [7, 11) is 0. The molecule has 6 aromatic rings. The van der Waals surface area contributed by atoms with Crippen LogP contribution < -0.4 is 16.5 Å². The third kappa shape index (κ3) is 4.51. The zero-order valence-corrected chi connectivity index (χ0v) is 21.4. The van der Waals surface area contributed by atoms with E-state index in [2.05, 4.69) is 29.9 Å². The van der Waals surface area contributed by atoms with Crippen molar-refractivity contribution in [2.24, 2.45) is 0 Å². The van der Waals surface area contributed by atoms with E-state index in [4.69, 9.17) is 20.4 Å². The van der Waals surface area contributed by atoms with Crippen molar-refractivity contribution in [3.05, 3.63) is 104 Å². The number of H-pyrrole nitrogens is 1. The van der Waals surface area contributed by atoms with Crippen LogP contribution in [-0.4, -0.2) is 20.1 Å². The number of benzene rings is 2. The number of hydrogen-bond donors (Lipinski definition) is 2. The van der Waals surface area contributed by atoms with E-state index in [1.807, 2.05) is 50.2 Å². The van der Waals surface area contributed by atoms with Crippen LogP contribution in [0.1, 0.15) is 24.1 Å². The highest BCUT2D eigenvalue weighted by Crippen LogP contribution is 2.36. The molecule has 6 rings (SSSR count). The van der Waals surface area contributed by atoms with Crippen LogP contribution in [0, 0.1) is 6.92 Å². The molecule has 1 unspecified atom stereocenters. The molecule has 0 aliphatic rings. The van der Waals surface area contributed by atoms with E-state index in [1.165, 1.54) is 12.7 Å². The van der Waals surface area contributed by atoms with E-state index in [-0.39, 0.29) is 22.4 Å². The number of aromatic amines is 1. The van der Waals surface area contributed by atoms with Gasteiger partial charge in [0.25, 0.3) is 0 Å². The molecule has 39 heavy (non-hydrogen) atoms. The lowest BCUT2D eigenvalue weighted by molar-refractivity contribution is 0.388. The molecular formula is C28H20ClN5O5. The van der Waals surface area contributed by atoms with Gasteiger partial charge in [0.15, 0.2) is 6.39 Å². The zero-order valence-electron chi connectivity index (χ0n) is 20.7. The Morgan fingerprint density at radius 3 is 2.62 bits per heavy atom. The highest BCUT2D eigenvalue weighted by atomic mass is 35.5. The lowest BCUT2D eigenvalue weighted by Gasteiger charge is -2.20. The summed E-state index contributed by atoms with van der Waals surface area (Å²) in [5.74, 6) is -0.205. The summed E-state index contributed by atoms with van der Waals surface area (Å²) < 4.78 is 16.4. The number of hydrogen-bond acceptors (Lipinski definition) is 9. The van der Waals surface area contributed by atoms with Crippen LogP contribution in [0.25, 0.3) is 45.1 Å². The summed E-state index contributed by atoms with van der Waals surface area (Å²) in [4.78, 5) is 36.5. The van der Waals surface area contributed by atoms with Gasteiger partial charge in [0.05, 0.1) is 22.7 Å². The topological polar surface area (TPSA) is 140 Å². The van der Waals surface area contributed by atoms with E-state index in [0.717, 1.165) is 16.7 Å². The summed E-state index contributed by atoms with van der Waals surface area (Å²) in [6, 6.07) is 16.1. The lowest BCUT2D eigenvalue weighted by atomic mass is 9.97. The minimum atomic E-state index is -0.714. The van der Waals surface area contributed by atoms with Crippen LogP contribution in [0.15, 0.2) is 90.2 Å². The SMILES string of the molecule is Cc1cc(C(C)Nc2ccc(Cl)nc2-c2noc(=O)[nH]2)c2oc(-c3ccccc3)c(-c3cocn3)c(=O)c2c1. The van der Waals surface area contributed by atoms with Crippen LogP contribution in [0.4, 0.5) is 5.69 Å². The second-order valence-electron chi connectivity index (χ2n) is 8.95. The molecule has 0 bridgehead atoms. The Morgan fingerprint density at radius 1 is 1.08 bits per heavy atom. The molecular weight excluding hydrogens is 522 g/mol. The number of nitrogens with one attached hydrogen (secondary N) is 2. The number of fused-ring (bicyclic) bond motifs is 1. The third-order valence-electron chi connectivity index (χ3n) is 6.25. The summed E-state index contributed by atoms with van der Waals surface area (Å²) in [5, 5.41) is 7.76. The minimum absolute atomic E-state index is 0.126. The van der Waals surface area contributed by atoms with Gasteiger partial charge < -0.3 is 14.2 Å². The quantitative estimate of drug-likeness (QED) is 0.243. The molecule has 0 fully saturated rings. The maximum Gasteiger partial charge on any atom is 0.439 e. The van der Waals surface area contributed by atoms with Gasteiger partial charge >= 0.3 is 5.76 Å².